The molecule has 0 saturated heterocycles. The highest BCUT2D eigenvalue weighted by atomic mass is 35.5. The van der Waals surface area contributed by atoms with E-state index in [0.717, 1.165) is 17.9 Å². The van der Waals surface area contributed by atoms with E-state index < -0.39 is 0 Å². The first-order valence-electron chi connectivity index (χ1n) is 6.91. The molecule has 2 nitrogen and oxygen atoms in total. The first kappa shape index (κ1) is 16.2. The Hall–Kier alpha value is -1.22. The molecule has 112 valence electrons. The summed E-state index contributed by atoms with van der Waals surface area (Å²) in [5, 5.41) is 4.42. The van der Waals surface area contributed by atoms with Gasteiger partial charge in [0, 0.05) is 24.2 Å². The Morgan fingerprint density at radius 2 is 1.81 bits per heavy atom. The van der Waals surface area contributed by atoms with Crippen LogP contribution >= 0.6 is 23.2 Å². The summed E-state index contributed by atoms with van der Waals surface area (Å²) < 4.78 is 5.95. The predicted molar refractivity (Wildman–Crippen MR) is 89.7 cm³/mol. The Kier molecular flexibility index (Phi) is 5.51. The van der Waals surface area contributed by atoms with Gasteiger partial charge in [0.15, 0.2) is 0 Å². The van der Waals surface area contributed by atoms with Crippen molar-refractivity contribution in [3.8, 4) is 11.5 Å². The first-order chi connectivity index (χ1) is 9.95. The molecule has 0 aliphatic carbocycles. The Balaban J connectivity index is 2.23. The molecule has 0 unspecified atom stereocenters. The molecular weight excluding hydrogens is 305 g/mol. The summed E-state index contributed by atoms with van der Waals surface area (Å²) in [5.41, 5.74) is 2.33. The van der Waals surface area contributed by atoms with Gasteiger partial charge in [0.05, 0.1) is 10.0 Å². The Labute approximate surface area is 136 Å². The van der Waals surface area contributed by atoms with Crippen LogP contribution in [-0.2, 0) is 6.54 Å². The fraction of sp³-hybridized carbons (Fsp3) is 0.294. The number of benzene rings is 2. The molecule has 2 rings (SSSR count). The first-order valence-corrected chi connectivity index (χ1v) is 7.67. The monoisotopic (exact) mass is 323 g/mol. The van der Waals surface area contributed by atoms with E-state index in [1.54, 1.807) is 12.1 Å². The number of hydrogen-bond acceptors (Lipinski definition) is 2. The van der Waals surface area contributed by atoms with Gasteiger partial charge >= 0.3 is 0 Å². The lowest BCUT2D eigenvalue weighted by atomic mass is 10.1. The zero-order chi connectivity index (χ0) is 15.4. The maximum absolute atomic E-state index is 6.02. The van der Waals surface area contributed by atoms with Crippen molar-refractivity contribution in [2.75, 3.05) is 0 Å². The number of hydrogen-bond donors (Lipinski definition) is 1. The molecule has 0 aliphatic rings. The summed E-state index contributed by atoms with van der Waals surface area (Å²) in [4.78, 5) is 0. The quantitative estimate of drug-likeness (QED) is 0.774. The van der Waals surface area contributed by atoms with Crippen LogP contribution in [0.5, 0.6) is 11.5 Å². The van der Waals surface area contributed by atoms with Gasteiger partial charge in [-0.1, -0.05) is 54.7 Å². The van der Waals surface area contributed by atoms with Crippen LogP contribution < -0.4 is 10.1 Å². The van der Waals surface area contributed by atoms with Crippen LogP contribution in [0.2, 0.25) is 10.0 Å². The summed E-state index contributed by atoms with van der Waals surface area (Å²) in [6, 6.07) is 11.8. The Bertz CT molecular complexity index is 626. The lowest BCUT2D eigenvalue weighted by Crippen LogP contribution is -2.22. The molecule has 0 fully saturated rings. The third kappa shape index (κ3) is 4.63. The molecule has 21 heavy (non-hydrogen) atoms. The van der Waals surface area contributed by atoms with Crippen molar-refractivity contribution >= 4 is 23.2 Å². The van der Waals surface area contributed by atoms with Gasteiger partial charge in [-0.2, -0.15) is 0 Å². The largest absolute Gasteiger partial charge is 0.457 e. The van der Waals surface area contributed by atoms with Gasteiger partial charge in [0.25, 0.3) is 0 Å². The van der Waals surface area contributed by atoms with Crippen LogP contribution in [0.3, 0.4) is 0 Å². The molecular formula is C17H19Cl2NO. The number of ether oxygens (including phenoxy) is 1. The molecule has 0 saturated carbocycles. The average Bonchev–Trinajstić information content (AvgIpc) is 2.43. The van der Waals surface area contributed by atoms with Crippen molar-refractivity contribution in [2.45, 2.75) is 33.4 Å². The molecule has 0 aliphatic heterocycles. The van der Waals surface area contributed by atoms with Crippen LogP contribution in [-0.4, -0.2) is 6.04 Å². The second-order valence-corrected chi connectivity index (χ2v) is 6.14. The van der Waals surface area contributed by atoms with Crippen molar-refractivity contribution in [3.63, 3.8) is 0 Å². The number of nitrogens with one attached hydrogen (secondary N) is 1. The van der Waals surface area contributed by atoms with E-state index >= 15 is 0 Å². The molecule has 0 radical (unpaired) electrons. The second-order valence-electron chi connectivity index (χ2n) is 5.32. The van der Waals surface area contributed by atoms with Gasteiger partial charge in [-0.25, -0.2) is 0 Å². The van der Waals surface area contributed by atoms with Crippen molar-refractivity contribution in [1.82, 2.24) is 5.32 Å². The fourth-order valence-corrected chi connectivity index (χ4v) is 2.22. The molecule has 2 aromatic carbocycles. The third-order valence-corrected chi connectivity index (χ3v) is 3.77. The van der Waals surface area contributed by atoms with E-state index in [2.05, 4.69) is 32.2 Å². The van der Waals surface area contributed by atoms with Crippen LogP contribution in [0.4, 0.5) is 0 Å². The molecule has 0 aromatic heterocycles. The van der Waals surface area contributed by atoms with Crippen LogP contribution in [0.1, 0.15) is 25.0 Å². The lowest BCUT2D eigenvalue weighted by Gasteiger charge is -2.14. The van der Waals surface area contributed by atoms with Gasteiger partial charge in [0.2, 0.25) is 0 Å². The summed E-state index contributed by atoms with van der Waals surface area (Å²) >= 11 is 11.9. The highest BCUT2D eigenvalue weighted by molar-refractivity contribution is 6.42. The predicted octanol–water partition coefficient (Wildman–Crippen LogP) is 5.59. The SMILES string of the molecule is Cc1ccc(Oc2ccc(Cl)c(Cl)c2)c(CNC(C)C)c1. The smallest absolute Gasteiger partial charge is 0.131 e. The fourth-order valence-electron chi connectivity index (χ4n) is 1.93. The van der Waals surface area contributed by atoms with Crippen molar-refractivity contribution in [3.05, 3.63) is 57.6 Å². The van der Waals surface area contributed by atoms with E-state index in [1.807, 2.05) is 18.2 Å². The minimum Gasteiger partial charge on any atom is -0.457 e. The highest BCUT2D eigenvalue weighted by Crippen LogP contribution is 2.31. The topological polar surface area (TPSA) is 21.3 Å². The van der Waals surface area contributed by atoms with Gasteiger partial charge < -0.3 is 10.1 Å². The zero-order valence-electron chi connectivity index (χ0n) is 12.4. The van der Waals surface area contributed by atoms with E-state index in [4.69, 9.17) is 27.9 Å². The molecule has 0 spiro atoms. The van der Waals surface area contributed by atoms with Crippen LogP contribution in [0.25, 0.3) is 0 Å². The minimum atomic E-state index is 0.420. The number of aryl methyl sites for hydroxylation is 1. The Morgan fingerprint density at radius 3 is 2.48 bits per heavy atom. The van der Waals surface area contributed by atoms with E-state index in [0.29, 0.717) is 21.8 Å². The third-order valence-electron chi connectivity index (χ3n) is 3.04. The molecule has 0 atom stereocenters. The van der Waals surface area contributed by atoms with Gasteiger partial charge in [0.1, 0.15) is 11.5 Å². The molecule has 0 heterocycles. The van der Waals surface area contributed by atoms with E-state index in [1.165, 1.54) is 5.56 Å². The minimum absolute atomic E-state index is 0.420. The number of rotatable bonds is 5. The van der Waals surface area contributed by atoms with Gasteiger partial charge in [-0.05, 0) is 25.1 Å². The van der Waals surface area contributed by atoms with Crippen molar-refractivity contribution in [2.24, 2.45) is 0 Å². The van der Waals surface area contributed by atoms with Crippen molar-refractivity contribution < 1.29 is 4.74 Å². The van der Waals surface area contributed by atoms with Crippen LogP contribution in [0.15, 0.2) is 36.4 Å². The highest BCUT2D eigenvalue weighted by Gasteiger charge is 2.08. The zero-order valence-corrected chi connectivity index (χ0v) is 13.9. The average molecular weight is 324 g/mol. The number of halogens is 2. The molecule has 4 heteroatoms. The standard InChI is InChI=1S/C17H19Cl2NO/c1-11(2)20-10-13-8-12(3)4-7-17(13)21-14-5-6-15(18)16(19)9-14/h4-9,11,20H,10H2,1-3H3. The normalized spacial score (nSPS) is 11.0. The Morgan fingerprint density at radius 1 is 1.05 bits per heavy atom. The summed E-state index contributed by atoms with van der Waals surface area (Å²) in [7, 11) is 0. The summed E-state index contributed by atoms with van der Waals surface area (Å²) in [5.74, 6) is 1.51. The molecule has 2 aromatic rings. The van der Waals surface area contributed by atoms with Crippen molar-refractivity contribution in [1.29, 1.82) is 0 Å². The maximum atomic E-state index is 6.02. The lowest BCUT2D eigenvalue weighted by molar-refractivity contribution is 0.469. The molecule has 1 N–H and O–H groups in total. The van der Waals surface area contributed by atoms with E-state index in [-0.39, 0.29) is 0 Å². The van der Waals surface area contributed by atoms with Gasteiger partial charge in [-0.3, -0.25) is 0 Å². The molecule has 0 bridgehead atoms. The molecule has 0 amide bonds. The summed E-state index contributed by atoms with van der Waals surface area (Å²) in [6.07, 6.45) is 0. The summed E-state index contributed by atoms with van der Waals surface area (Å²) in [6.45, 7) is 7.07. The second kappa shape index (κ2) is 7.17. The van der Waals surface area contributed by atoms with Gasteiger partial charge in [-0.15, -0.1) is 0 Å². The van der Waals surface area contributed by atoms with Crippen LogP contribution in [0, 0.1) is 6.92 Å². The maximum Gasteiger partial charge on any atom is 0.131 e. The van der Waals surface area contributed by atoms with E-state index in [9.17, 15) is 0 Å².